The Morgan fingerprint density at radius 1 is 1.29 bits per heavy atom. The summed E-state index contributed by atoms with van der Waals surface area (Å²) in [4.78, 5) is 2.58. The molecule has 0 aromatic rings. The second kappa shape index (κ2) is 6.93. The Kier molecular flexibility index (Phi) is 4.86. The second-order valence-corrected chi connectivity index (χ2v) is 8.43. The van der Waals surface area contributed by atoms with Crippen LogP contribution in [-0.2, 0) is 9.47 Å². The van der Waals surface area contributed by atoms with Gasteiger partial charge in [0.1, 0.15) is 0 Å². The van der Waals surface area contributed by atoms with Crippen LogP contribution in [-0.4, -0.2) is 50.5 Å². The monoisotopic (exact) mass is 331 g/mol. The van der Waals surface area contributed by atoms with E-state index in [1.165, 1.54) is 25.0 Å². The number of hydrogen-bond acceptors (Lipinski definition) is 3. The van der Waals surface area contributed by atoms with E-state index in [2.05, 4.69) is 37.1 Å². The van der Waals surface area contributed by atoms with Gasteiger partial charge in [-0.15, -0.1) is 0 Å². The molecular weight excluding hydrogens is 298 g/mol. The first-order valence-electron chi connectivity index (χ1n) is 9.91. The zero-order valence-electron chi connectivity index (χ0n) is 15.5. The van der Waals surface area contributed by atoms with Gasteiger partial charge in [-0.05, 0) is 62.8 Å². The lowest BCUT2D eigenvalue weighted by atomic mass is 9.92. The first-order chi connectivity index (χ1) is 11.7. The number of allylic oxidation sites excluding steroid dienone is 3. The molecule has 1 aliphatic heterocycles. The van der Waals surface area contributed by atoms with Crippen molar-refractivity contribution < 1.29 is 9.47 Å². The minimum Gasteiger partial charge on any atom is -0.381 e. The molecule has 0 bridgehead atoms. The van der Waals surface area contributed by atoms with Crippen molar-refractivity contribution in [3.05, 3.63) is 23.8 Å². The summed E-state index contributed by atoms with van der Waals surface area (Å²) in [7, 11) is 4.15. The van der Waals surface area contributed by atoms with Gasteiger partial charge in [-0.3, -0.25) is 0 Å². The summed E-state index contributed by atoms with van der Waals surface area (Å²) < 4.78 is 12.0. The number of likely N-dealkylation sites (tertiary alicyclic amines) is 1. The van der Waals surface area contributed by atoms with Crippen molar-refractivity contribution in [2.75, 3.05) is 27.3 Å². The summed E-state index contributed by atoms with van der Waals surface area (Å²) in [6.07, 6.45) is 13.5. The third-order valence-electron chi connectivity index (χ3n) is 7.07. The fraction of sp³-hybridized carbons (Fsp3) is 0.810. The summed E-state index contributed by atoms with van der Waals surface area (Å²) in [6.45, 7) is 4.49. The average molecular weight is 332 g/mol. The van der Waals surface area contributed by atoms with Crippen LogP contribution in [0.4, 0.5) is 0 Å². The van der Waals surface area contributed by atoms with E-state index >= 15 is 0 Å². The van der Waals surface area contributed by atoms with Crippen LogP contribution in [0.15, 0.2) is 23.8 Å². The number of rotatable bonds is 8. The van der Waals surface area contributed by atoms with E-state index < -0.39 is 0 Å². The molecule has 0 radical (unpaired) electrons. The molecule has 4 rings (SSSR count). The van der Waals surface area contributed by atoms with Crippen molar-refractivity contribution >= 4 is 0 Å². The molecule has 0 aromatic heterocycles. The first kappa shape index (κ1) is 16.8. The lowest BCUT2D eigenvalue weighted by Gasteiger charge is -2.33. The molecule has 0 N–H and O–H groups in total. The summed E-state index contributed by atoms with van der Waals surface area (Å²) in [5.74, 6) is 3.38. The largest absolute Gasteiger partial charge is 0.381 e. The van der Waals surface area contributed by atoms with Crippen LogP contribution in [0.3, 0.4) is 0 Å². The molecule has 3 nitrogen and oxygen atoms in total. The molecule has 0 aromatic carbocycles. The van der Waals surface area contributed by atoms with Gasteiger partial charge in [0.15, 0.2) is 0 Å². The standard InChI is InChI=1S/C21H33NO2/c1-14-6-4-7-15(14)12-16(23-3)8-5-11-24-19-10-9-18-20-17(21(19)20)13-22(18)2/h4,6-7,14,16-21H,5,8-13H2,1-3H3/t14-,16?,17?,18?,19?,20-,21+/m1/s1. The van der Waals surface area contributed by atoms with Gasteiger partial charge in [-0.25, -0.2) is 0 Å². The number of hydrogen-bond donors (Lipinski definition) is 0. The SMILES string of the molecule is COC(CCCOC1CCC2[C@H]3C(CN2C)[C@@H]13)CC1=CC=C[C@H]1C. The van der Waals surface area contributed by atoms with Crippen LogP contribution in [0, 0.1) is 23.7 Å². The van der Waals surface area contributed by atoms with Gasteiger partial charge in [0, 0.05) is 26.3 Å². The Morgan fingerprint density at radius 2 is 2.17 bits per heavy atom. The van der Waals surface area contributed by atoms with Crippen molar-refractivity contribution in [1.29, 1.82) is 0 Å². The maximum absolute atomic E-state index is 6.31. The molecule has 0 amide bonds. The van der Waals surface area contributed by atoms with Crippen LogP contribution >= 0.6 is 0 Å². The Labute approximate surface area is 147 Å². The van der Waals surface area contributed by atoms with E-state index in [0.29, 0.717) is 18.1 Å². The molecule has 24 heavy (non-hydrogen) atoms. The Morgan fingerprint density at radius 3 is 2.92 bits per heavy atom. The van der Waals surface area contributed by atoms with Crippen molar-refractivity contribution in [2.24, 2.45) is 23.7 Å². The maximum atomic E-state index is 6.31. The van der Waals surface area contributed by atoms with Gasteiger partial charge in [-0.1, -0.05) is 30.7 Å². The van der Waals surface area contributed by atoms with Gasteiger partial charge >= 0.3 is 0 Å². The second-order valence-electron chi connectivity index (χ2n) is 8.43. The number of nitrogens with zero attached hydrogens (tertiary/aromatic N) is 1. The fourth-order valence-corrected chi connectivity index (χ4v) is 5.62. The molecule has 1 heterocycles. The lowest BCUT2D eigenvalue weighted by molar-refractivity contribution is -0.0120. The van der Waals surface area contributed by atoms with E-state index in [1.54, 1.807) is 0 Å². The Bertz CT molecular complexity index is 514. The highest BCUT2D eigenvalue weighted by atomic mass is 16.5. The number of piperidine rings is 1. The predicted octanol–water partition coefficient (Wildman–Crippen LogP) is 3.66. The summed E-state index contributed by atoms with van der Waals surface area (Å²) in [5, 5.41) is 0. The predicted molar refractivity (Wildman–Crippen MR) is 96.9 cm³/mol. The van der Waals surface area contributed by atoms with Gasteiger partial charge in [0.25, 0.3) is 0 Å². The van der Waals surface area contributed by atoms with Crippen LogP contribution in [0.5, 0.6) is 0 Å². The molecule has 134 valence electrons. The van der Waals surface area contributed by atoms with E-state index in [0.717, 1.165) is 49.7 Å². The fourth-order valence-electron chi connectivity index (χ4n) is 5.62. The van der Waals surface area contributed by atoms with E-state index in [4.69, 9.17) is 9.47 Å². The zero-order chi connectivity index (χ0) is 16.7. The third-order valence-corrected chi connectivity index (χ3v) is 7.07. The summed E-state index contributed by atoms with van der Waals surface area (Å²) in [5.41, 5.74) is 1.51. The molecule has 3 aliphatic carbocycles. The number of ether oxygens (including phenoxy) is 2. The number of methoxy groups -OCH3 is 1. The van der Waals surface area contributed by atoms with Gasteiger partial charge in [0.05, 0.1) is 12.2 Å². The summed E-state index contributed by atoms with van der Waals surface area (Å²) >= 11 is 0. The average Bonchev–Trinajstić information content (AvgIpc) is 2.97. The molecule has 1 saturated heterocycles. The Balaban J connectivity index is 1.16. The van der Waals surface area contributed by atoms with E-state index in [-0.39, 0.29) is 0 Å². The van der Waals surface area contributed by atoms with Crippen molar-refractivity contribution in [3.63, 3.8) is 0 Å². The molecule has 0 spiro atoms. The maximum Gasteiger partial charge on any atom is 0.0610 e. The van der Waals surface area contributed by atoms with Crippen LogP contribution in [0.2, 0.25) is 0 Å². The van der Waals surface area contributed by atoms with Crippen LogP contribution in [0.25, 0.3) is 0 Å². The van der Waals surface area contributed by atoms with Crippen molar-refractivity contribution in [3.8, 4) is 0 Å². The van der Waals surface area contributed by atoms with Gasteiger partial charge in [-0.2, -0.15) is 0 Å². The zero-order valence-corrected chi connectivity index (χ0v) is 15.5. The molecule has 2 saturated carbocycles. The molecule has 7 atom stereocenters. The normalized spacial score (nSPS) is 41.4. The Hall–Kier alpha value is -0.640. The van der Waals surface area contributed by atoms with Crippen molar-refractivity contribution in [1.82, 2.24) is 4.90 Å². The highest BCUT2D eigenvalue weighted by molar-refractivity contribution is 5.26. The number of fused-ring (bicyclic) bond motifs is 1. The summed E-state index contributed by atoms with van der Waals surface area (Å²) in [6, 6.07) is 0.869. The minimum atomic E-state index is 0.340. The van der Waals surface area contributed by atoms with Gasteiger partial charge < -0.3 is 14.4 Å². The quantitative estimate of drug-likeness (QED) is 0.634. The topological polar surface area (TPSA) is 21.7 Å². The molecule has 3 heteroatoms. The smallest absolute Gasteiger partial charge is 0.0610 e. The highest BCUT2D eigenvalue weighted by Gasteiger charge is 2.64. The molecule has 4 unspecified atom stereocenters. The lowest BCUT2D eigenvalue weighted by Crippen LogP contribution is -2.39. The highest BCUT2D eigenvalue weighted by Crippen LogP contribution is 2.61. The third kappa shape index (κ3) is 3.11. The van der Waals surface area contributed by atoms with E-state index in [1.807, 2.05) is 7.11 Å². The molecular formula is C21H33NO2. The van der Waals surface area contributed by atoms with Crippen molar-refractivity contribution in [2.45, 2.75) is 57.3 Å². The molecule has 3 fully saturated rings. The van der Waals surface area contributed by atoms with Crippen LogP contribution in [0.1, 0.15) is 39.0 Å². The van der Waals surface area contributed by atoms with Crippen LogP contribution < -0.4 is 0 Å². The first-order valence-corrected chi connectivity index (χ1v) is 9.91. The van der Waals surface area contributed by atoms with Gasteiger partial charge in [0.2, 0.25) is 0 Å². The molecule has 4 aliphatic rings. The van der Waals surface area contributed by atoms with E-state index in [9.17, 15) is 0 Å². The minimum absolute atomic E-state index is 0.340.